The molecule has 1 aromatic rings. The van der Waals surface area contributed by atoms with Crippen LogP contribution in [0, 0.1) is 10.1 Å². The summed E-state index contributed by atoms with van der Waals surface area (Å²) in [5.41, 5.74) is 9.09. The Labute approximate surface area is 91.2 Å². The van der Waals surface area contributed by atoms with Crippen molar-refractivity contribution in [2.75, 3.05) is 7.05 Å². The molecular formula is C9H11N3O4. The predicted octanol–water partition coefficient (Wildman–Crippen LogP) is 0.0811. The molecule has 0 spiro atoms. The number of nitro groups is 1. The molecule has 0 atom stereocenters. The lowest BCUT2D eigenvalue weighted by atomic mass is 10.1. The zero-order valence-corrected chi connectivity index (χ0v) is 8.54. The molecule has 16 heavy (non-hydrogen) atoms. The normalized spacial score (nSPS) is 8.62. The van der Waals surface area contributed by atoms with E-state index in [4.69, 9.17) is 5.73 Å². The average Bonchev–Trinajstić information content (AvgIpc) is 2.30. The van der Waals surface area contributed by atoms with Crippen LogP contribution in [0.1, 0.15) is 20.7 Å². The zero-order chi connectivity index (χ0) is 12.7. The Balaban J connectivity index is 0.00000106. The highest BCUT2D eigenvalue weighted by Gasteiger charge is 2.11. The molecule has 0 radical (unpaired) electrons. The van der Waals surface area contributed by atoms with Gasteiger partial charge < -0.3 is 11.5 Å². The predicted molar refractivity (Wildman–Crippen MR) is 57.1 cm³/mol. The second-order valence-corrected chi connectivity index (χ2v) is 2.55. The van der Waals surface area contributed by atoms with Gasteiger partial charge in [-0.05, 0) is 13.1 Å². The van der Waals surface area contributed by atoms with Crippen molar-refractivity contribution in [1.82, 2.24) is 0 Å². The van der Waals surface area contributed by atoms with E-state index >= 15 is 0 Å². The summed E-state index contributed by atoms with van der Waals surface area (Å²) in [5.74, 6) is -0.809. The Morgan fingerprint density at radius 3 is 2.31 bits per heavy atom. The van der Waals surface area contributed by atoms with Crippen LogP contribution in [0.3, 0.4) is 0 Å². The molecule has 0 unspecified atom stereocenters. The smallest absolute Gasteiger partial charge is 0.270 e. The van der Waals surface area contributed by atoms with Gasteiger partial charge in [0.15, 0.2) is 0 Å². The number of carbonyl (C=O) groups is 2. The Bertz CT molecular complexity index is 385. The van der Waals surface area contributed by atoms with E-state index in [1.54, 1.807) is 0 Å². The molecule has 7 nitrogen and oxygen atoms in total. The standard InChI is InChI=1S/C8H6N2O4.CH5N/c9-8(12)6-1-5(4-11)2-7(3-6)10(13)14;1-2/h1-4H,(H2,9,12);2H2,1H3. The Morgan fingerprint density at radius 2 is 1.94 bits per heavy atom. The summed E-state index contributed by atoms with van der Waals surface area (Å²) in [6.07, 6.45) is 0.416. The summed E-state index contributed by atoms with van der Waals surface area (Å²) in [4.78, 5) is 30.8. The maximum Gasteiger partial charge on any atom is 0.270 e. The first-order chi connectivity index (χ1) is 7.54. The quantitative estimate of drug-likeness (QED) is 0.427. The fourth-order valence-electron chi connectivity index (χ4n) is 0.950. The first-order valence-electron chi connectivity index (χ1n) is 4.17. The molecule has 7 heteroatoms. The van der Waals surface area contributed by atoms with E-state index in [-0.39, 0.29) is 16.8 Å². The van der Waals surface area contributed by atoms with Crippen LogP contribution in [0.25, 0.3) is 0 Å². The van der Waals surface area contributed by atoms with E-state index in [0.29, 0.717) is 6.29 Å². The average molecular weight is 225 g/mol. The van der Waals surface area contributed by atoms with Gasteiger partial charge in [-0.3, -0.25) is 19.7 Å². The van der Waals surface area contributed by atoms with Crippen LogP contribution in [0.5, 0.6) is 0 Å². The maximum absolute atomic E-state index is 10.7. The van der Waals surface area contributed by atoms with Crippen LogP contribution in [0.15, 0.2) is 18.2 Å². The topological polar surface area (TPSA) is 129 Å². The van der Waals surface area contributed by atoms with Crippen LogP contribution < -0.4 is 11.5 Å². The van der Waals surface area contributed by atoms with Gasteiger partial charge >= 0.3 is 0 Å². The van der Waals surface area contributed by atoms with E-state index < -0.39 is 10.8 Å². The highest BCUT2D eigenvalue weighted by molar-refractivity contribution is 5.95. The molecule has 1 aromatic carbocycles. The van der Waals surface area contributed by atoms with Gasteiger partial charge in [0.1, 0.15) is 6.29 Å². The molecule has 0 aliphatic rings. The minimum Gasteiger partial charge on any atom is -0.366 e. The molecule has 0 fully saturated rings. The van der Waals surface area contributed by atoms with Gasteiger partial charge in [0, 0.05) is 23.3 Å². The van der Waals surface area contributed by atoms with Crippen LogP contribution in [-0.2, 0) is 0 Å². The van der Waals surface area contributed by atoms with Crippen molar-refractivity contribution in [3.05, 3.63) is 39.4 Å². The van der Waals surface area contributed by atoms with Crippen LogP contribution in [-0.4, -0.2) is 24.2 Å². The Morgan fingerprint density at radius 1 is 1.38 bits per heavy atom. The summed E-state index contributed by atoms with van der Waals surface area (Å²) < 4.78 is 0. The lowest BCUT2D eigenvalue weighted by molar-refractivity contribution is -0.384. The van der Waals surface area contributed by atoms with Crippen LogP contribution in [0.4, 0.5) is 5.69 Å². The summed E-state index contributed by atoms with van der Waals surface area (Å²) >= 11 is 0. The largest absolute Gasteiger partial charge is 0.366 e. The van der Waals surface area contributed by atoms with E-state index in [2.05, 4.69) is 5.73 Å². The van der Waals surface area contributed by atoms with Crippen LogP contribution in [0.2, 0.25) is 0 Å². The molecule has 0 heterocycles. The highest BCUT2D eigenvalue weighted by Crippen LogP contribution is 2.15. The number of benzene rings is 1. The summed E-state index contributed by atoms with van der Waals surface area (Å²) in [6, 6.07) is 3.29. The van der Waals surface area contributed by atoms with E-state index in [0.717, 1.165) is 12.1 Å². The van der Waals surface area contributed by atoms with Crippen molar-refractivity contribution in [3.8, 4) is 0 Å². The number of non-ortho nitro benzene ring substituents is 1. The first-order valence-corrected chi connectivity index (χ1v) is 4.17. The SMILES string of the molecule is CN.NC(=O)c1cc(C=O)cc([N+](=O)[O-])c1. The fraction of sp³-hybridized carbons (Fsp3) is 0.111. The Hall–Kier alpha value is -2.28. The van der Waals surface area contributed by atoms with E-state index in [1.165, 1.54) is 13.1 Å². The van der Waals surface area contributed by atoms with Gasteiger partial charge in [0.25, 0.3) is 5.69 Å². The lowest BCUT2D eigenvalue weighted by Crippen LogP contribution is -2.11. The van der Waals surface area contributed by atoms with E-state index in [1.807, 2.05) is 0 Å². The van der Waals surface area contributed by atoms with Gasteiger partial charge in [-0.15, -0.1) is 0 Å². The second kappa shape index (κ2) is 6.25. The van der Waals surface area contributed by atoms with E-state index in [9.17, 15) is 19.7 Å². The number of nitrogens with zero attached hydrogens (tertiary/aromatic N) is 1. The number of carbonyl (C=O) groups excluding carboxylic acids is 2. The molecule has 0 aromatic heterocycles. The first kappa shape index (κ1) is 13.7. The monoisotopic (exact) mass is 225 g/mol. The summed E-state index contributed by atoms with van der Waals surface area (Å²) in [6.45, 7) is 0. The van der Waals surface area contributed by atoms with Crippen molar-refractivity contribution >= 4 is 17.9 Å². The molecule has 0 saturated carbocycles. The molecule has 0 aliphatic carbocycles. The molecule has 0 bridgehead atoms. The molecule has 1 amide bonds. The van der Waals surface area contributed by atoms with Gasteiger partial charge in [0.2, 0.25) is 5.91 Å². The molecule has 0 saturated heterocycles. The molecule has 4 N–H and O–H groups in total. The number of hydrogen-bond donors (Lipinski definition) is 2. The number of rotatable bonds is 3. The third-order valence-electron chi connectivity index (χ3n) is 1.57. The van der Waals surface area contributed by atoms with Gasteiger partial charge in [0.05, 0.1) is 4.92 Å². The Kier molecular flexibility index (Phi) is 5.36. The minimum atomic E-state index is -0.809. The zero-order valence-electron chi connectivity index (χ0n) is 8.54. The lowest BCUT2D eigenvalue weighted by Gasteiger charge is -1.97. The number of amides is 1. The molecule has 1 rings (SSSR count). The second-order valence-electron chi connectivity index (χ2n) is 2.55. The summed E-state index contributed by atoms with van der Waals surface area (Å²) in [7, 11) is 1.50. The third kappa shape index (κ3) is 3.46. The third-order valence-corrected chi connectivity index (χ3v) is 1.57. The molecule has 86 valence electrons. The van der Waals surface area contributed by atoms with Gasteiger partial charge in [-0.1, -0.05) is 0 Å². The van der Waals surface area contributed by atoms with Gasteiger partial charge in [-0.25, -0.2) is 0 Å². The van der Waals surface area contributed by atoms with Gasteiger partial charge in [-0.2, -0.15) is 0 Å². The fourth-order valence-corrected chi connectivity index (χ4v) is 0.950. The minimum absolute atomic E-state index is 0.0491. The highest BCUT2D eigenvalue weighted by atomic mass is 16.6. The van der Waals surface area contributed by atoms with Crippen molar-refractivity contribution in [3.63, 3.8) is 0 Å². The number of aldehydes is 1. The van der Waals surface area contributed by atoms with Crippen molar-refractivity contribution in [2.24, 2.45) is 11.5 Å². The van der Waals surface area contributed by atoms with Crippen LogP contribution >= 0.6 is 0 Å². The number of nitrogens with two attached hydrogens (primary N) is 2. The van der Waals surface area contributed by atoms with Crippen molar-refractivity contribution < 1.29 is 14.5 Å². The number of hydrogen-bond acceptors (Lipinski definition) is 5. The summed E-state index contributed by atoms with van der Waals surface area (Å²) in [5, 5.41) is 10.4. The maximum atomic E-state index is 10.7. The molecular weight excluding hydrogens is 214 g/mol. The molecule has 0 aliphatic heterocycles. The number of primary amides is 1. The van der Waals surface area contributed by atoms with Crippen molar-refractivity contribution in [2.45, 2.75) is 0 Å². The van der Waals surface area contributed by atoms with Crippen molar-refractivity contribution in [1.29, 1.82) is 0 Å². The number of nitro benzene ring substituents is 1.